The maximum absolute atomic E-state index is 4.36. The molecule has 2 heteroatoms. The van der Waals surface area contributed by atoms with Crippen molar-refractivity contribution in [3.05, 3.63) is 130 Å². The molecule has 4 aromatic rings. The Hall–Kier alpha value is -3.52. The molecule has 2 heterocycles. The molecule has 0 spiro atoms. The molecule has 0 radical (unpaired) electrons. The number of pyridine rings is 2. The molecule has 0 saturated carbocycles. The summed E-state index contributed by atoms with van der Waals surface area (Å²) >= 11 is 0. The summed E-state index contributed by atoms with van der Waals surface area (Å²) in [5.74, 6) is 0.820. The summed E-state index contributed by atoms with van der Waals surface area (Å²) in [5.41, 5.74) is 9.10. The van der Waals surface area contributed by atoms with E-state index in [0.717, 1.165) is 18.4 Å². The molecule has 4 rings (SSSR count). The number of nitrogens with zero attached hydrogens (tertiary/aromatic N) is 2. The molecule has 0 aliphatic carbocycles. The summed E-state index contributed by atoms with van der Waals surface area (Å²) in [6.45, 7) is 6.77. The lowest BCUT2D eigenvalue weighted by Crippen LogP contribution is -2.01. The minimum atomic E-state index is 0.295. The normalized spacial score (nSPS) is 12.4. The number of rotatable bonds is 8. The van der Waals surface area contributed by atoms with Gasteiger partial charge in [-0.05, 0) is 69.8 Å². The molecule has 0 aliphatic heterocycles. The molecule has 0 fully saturated rings. The average molecular weight is 433 g/mol. The molecule has 0 saturated heterocycles. The molecular formula is C31H32N2. The number of benzene rings is 2. The Labute approximate surface area is 198 Å². The summed E-state index contributed by atoms with van der Waals surface area (Å²) in [6, 6.07) is 23.8. The standard InChI is InChI=1S/C31H32N2/c1-23(2)30-17-19-32-21-28(30)15-12-26-9-13-27(14-10-26)24(3)31-18-20-33-22-29(31)16-11-25-7-5-4-6-8-25/h4-11,13-14,16-24H,12,15H2,1-3H3/b16-11+. The van der Waals surface area contributed by atoms with Crippen molar-refractivity contribution in [1.29, 1.82) is 0 Å². The molecule has 166 valence electrons. The summed E-state index contributed by atoms with van der Waals surface area (Å²) < 4.78 is 0. The van der Waals surface area contributed by atoms with E-state index in [1.807, 2.05) is 30.9 Å². The fourth-order valence-corrected chi connectivity index (χ4v) is 4.34. The quantitative estimate of drug-likeness (QED) is 0.285. The first-order valence-electron chi connectivity index (χ1n) is 11.8. The zero-order valence-electron chi connectivity index (χ0n) is 19.8. The van der Waals surface area contributed by atoms with Crippen LogP contribution in [0.15, 0.2) is 91.5 Å². The Morgan fingerprint density at radius 3 is 2.12 bits per heavy atom. The number of hydrogen-bond donors (Lipinski definition) is 0. The van der Waals surface area contributed by atoms with Crippen LogP contribution in [0.4, 0.5) is 0 Å². The molecule has 0 aliphatic rings. The number of hydrogen-bond acceptors (Lipinski definition) is 2. The van der Waals surface area contributed by atoms with Crippen LogP contribution in [0.1, 0.15) is 71.6 Å². The van der Waals surface area contributed by atoms with E-state index in [1.165, 1.54) is 33.4 Å². The van der Waals surface area contributed by atoms with Crippen LogP contribution in [0.5, 0.6) is 0 Å². The van der Waals surface area contributed by atoms with Gasteiger partial charge in [0.05, 0.1) is 0 Å². The molecule has 33 heavy (non-hydrogen) atoms. The second-order valence-corrected chi connectivity index (χ2v) is 8.94. The van der Waals surface area contributed by atoms with Gasteiger partial charge < -0.3 is 0 Å². The van der Waals surface area contributed by atoms with Gasteiger partial charge in [-0.3, -0.25) is 9.97 Å². The Balaban J connectivity index is 1.47. The highest BCUT2D eigenvalue weighted by molar-refractivity contribution is 5.71. The summed E-state index contributed by atoms with van der Waals surface area (Å²) in [4.78, 5) is 8.71. The lowest BCUT2D eigenvalue weighted by molar-refractivity contribution is 0.821. The molecule has 0 N–H and O–H groups in total. The Kier molecular flexibility index (Phi) is 7.47. The molecule has 0 bridgehead atoms. The molecular weight excluding hydrogens is 400 g/mol. The van der Waals surface area contributed by atoms with Crippen LogP contribution in [0.3, 0.4) is 0 Å². The lowest BCUT2D eigenvalue weighted by atomic mass is 9.89. The number of aryl methyl sites for hydroxylation is 2. The van der Waals surface area contributed by atoms with E-state index < -0.39 is 0 Å². The topological polar surface area (TPSA) is 25.8 Å². The van der Waals surface area contributed by atoms with E-state index in [0.29, 0.717) is 11.8 Å². The van der Waals surface area contributed by atoms with Gasteiger partial charge in [-0.2, -0.15) is 0 Å². The summed E-state index contributed by atoms with van der Waals surface area (Å²) in [7, 11) is 0. The van der Waals surface area contributed by atoms with Crippen LogP contribution >= 0.6 is 0 Å². The highest BCUT2D eigenvalue weighted by Crippen LogP contribution is 2.28. The van der Waals surface area contributed by atoms with E-state index in [-0.39, 0.29) is 0 Å². The predicted molar refractivity (Wildman–Crippen MR) is 139 cm³/mol. The third kappa shape index (κ3) is 5.84. The van der Waals surface area contributed by atoms with Crippen molar-refractivity contribution in [2.24, 2.45) is 0 Å². The van der Waals surface area contributed by atoms with Crippen LogP contribution in [0.2, 0.25) is 0 Å². The molecule has 2 aromatic heterocycles. The minimum Gasteiger partial charge on any atom is -0.264 e. The Morgan fingerprint density at radius 2 is 1.39 bits per heavy atom. The van der Waals surface area contributed by atoms with Crippen molar-refractivity contribution in [1.82, 2.24) is 9.97 Å². The van der Waals surface area contributed by atoms with Gasteiger partial charge in [0, 0.05) is 30.7 Å². The van der Waals surface area contributed by atoms with E-state index in [2.05, 4.69) is 104 Å². The fraction of sp³-hybridized carbons (Fsp3) is 0.226. The van der Waals surface area contributed by atoms with Gasteiger partial charge in [0.15, 0.2) is 0 Å². The zero-order valence-corrected chi connectivity index (χ0v) is 19.8. The van der Waals surface area contributed by atoms with Gasteiger partial charge in [0.25, 0.3) is 0 Å². The van der Waals surface area contributed by atoms with Crippen LogP contribution in [-0.2, 0) is 12.8 Å². The first kappa shape index (κ1) is 22.7. The van der Waals surface area contributed by atoms with E-state index >= 15 is 0 Å². The van der Waals surface area contributed by atoms with Crippen molar-refractivity contribution in [2.45, 2.75) is 45.4 Å². The Bertz CT molecular complexity index is 1190. The van der Waals surface area contributed by atoms with E-state index in [9.17, 15) is 0 Å². The van der Waals surface area contributed by atoms with Crippen molar-refractivity contribution < 1.29 is 0 Å². The van der Waals surface area contributed by atoms with Crippen LogP contribution in [-0.4, -0.2) is 9.97 Å². The molecule has 1 atom stereocenters. The monoisotopic (exact) mass is 432 g/mol. The van der Waals surface area contributed by atoms with Gasteiger partial charge in [-0.25, -0.2) is 0 Å². The molecule has 2 nitrogen and oxygen atoms in total. The van der Waals surface area contributed by atoms with Gasteiger partial charge in [-0.1, -0.05) is 87.5 Å². The smallest absolute Gasteiger partial charge is 0.0343 e. The zero-order chi connectivity index (χ0) is 23.0. The van der Waals surface area contributed by atoms with Crippen LogP contribution < -0.4 is 0 Å². The highest BCUT2D eigenvalue weighted by atomic mass is 14.6. The van der Waals surface area contributed by atoms with Crippen LogP contribution in [0.25, 0.3) is 12.2 Å². The molecule has 0 amide bonds. The third-order valence-corrected chi connectivity index (χ3v) is 6.33. The second kappa shape index (κ2) is 10.9. The van der Waals surface area contributed by atoms with Crippen molar-refractivity contribution in [2.75, 3.05) is 0 Å². The maximum atomic E-state index is 4.36. The lowest BCUT2D eigenvalue weighted by Gasteiger charge is -2.16. The molecule has 1 unspecified atom stereocenters. The fourth-order valence-electron chi connectivity index (χ4n) is 4.34. The van der Waals surface area contributed by atoms with E-state index in [4.69, 9.17) is 0 Å². The first-order chi connectivity index (χ1) is 16.1. The number of aromatic nitrogens is 2. The summed E-state index contributed by atoms with van der Waals surface area (Å²) in [6.07, 6.45) is 14.1. The van der Waals surface area contributed by atoms with Gasteiger partial charge in [0.2, 0.25) is 0 Å². The first-order valence-corrected chi connectivity index (χ1v) is 11.8. The molecule has 2 aromatic carbocycles. The minimum absolute atomic E-state index is 0.295. The van der Waals surface area contributed by atoms with Gasteiger partial charge in [-0.15, -0.1) is 0 Å². The third-order valence-electron chi connectivity index (χ3n) is 6.33. The van der Waals surface area contributed by atoms with Crippen molar-refractivity contribution >= 4 is 12.2 Å². The SMILES string of the molecule is CC(C)c1ccncc1CCc1ccc(C(C)c2ccncc2/C=C/c2ccccc2)cc1. The summed E-state index contributed by atoms with van der Waals surface area (Å²) in [5, 5.41) is 0. The Morgan fingerprint density at radius 1 is 0.697 bits per heavy atom. The maximum Gasteiger partial charge on any atom is 0.0343 e. The average Bonchev–Trinajstić information content (AvgIpc) is 2.87. The van der Waals surface area contributed by atoms with Crippen LogP contribution in [0, 0.1) is 0 Å². The predicted octanol–water partition coefficient (Wildman–Crippen LogP) is 7.71. The van der Waals surface area contributed by atoms with Gasteiger partial charge in [0.1, 0.15) is 0 Å². The second-order valence-electron chi connectivity index (χ2n) is 8.94. The largest absolute Gasteiger partial charge is 0.264 e. The highest BCUT2D eigenvalue weighted by Gasteiger charge is 2.12. The van der Waals surface area contributed by atoms with Crippen molar-refractivity contribution in [3.63, 3.8) is 0 Å². The van der Waals surface area contributed by atoms with E-state index in [1.54, 1.807) is 0 Å². The van der Waals surface area contributed by atoms with Gasteiger partial charge >= 0.3 is 0 Å². The van der Waals surface area contributed by atoms with Crippen molar-refractivity contribution in [3.8, 4) is 0 Å².